The molecule has 1 unspecified atom stereocenters. The van der Waals surface area contributed by atoms with Gasteiger partial charge >= 0.3 is 5.97 Å². The van der Waals surface area contributed by atoms with Gasteiger partial charge in [-0.3, -0.25) is 0 Å². The summed E-state index contributed by atoms with van der Waals surface area (Å²) >= 11 is 0. The third kappa shape index (κ3) is 2.82. The second-order valence-electron chi connectivity index (χ2n) is 3.46. The fraction of sp³-hybridized carbons (Fsp3) is 0.700. The van der Waals surface area contributed by atoms with Crippen LogP contribution in [-0.4, -0.2) is 31.6 Å². The van der Waals surface area contributed by atoms with Crippen molar-refractivity contribution in [2.24, 2.45) is 5.92 Å². The molecule has 1 fully saturated rings. The Kier molecular flexibility index (Phi) is 4.10. The first-order valence-electron chi connectivity index (χ1n) is 4.71. The van der Waals surface area contributed by atoms with Gasteiger partial charge in [-0.2, -0.15) is 0 Å². The van der Waals surface area contributed by atoms with Crippen molar-refractivity contribution in [3.63, 3.8) is 0 Å². The van der Waals surface area contributed by atoms with Crippen molar-refractivity contribution < 1.29 is 19.0 Å². The molecular weight excluding hydrogens is 184 g/mol. The Labute approximate surface area is 83.8 Å². The molecule has 0 aliphatic carbocycles. The Morgan fingerprint density at radius 3 is 2.50 bits per heavy atom. The topological polar surface area (TPSA) is 44.8 Å². The van der Waals surface area contributed by atoms with E-state index in [4.69, 9.17) is 14.2 Å². The largest absolute Gasteiger partial charge is 0.454 e. The maximum Gasteiger partial charge on any atom is 0.330 e. The van der Waals surface area contributed by atoms with E-state index in [9.17, 15) is 4.79 Å². The summed E-state index contributed by atoms with van der Waals surface area (Å²) in [5.74, 6) is -0.287. The van der Waals surface area contributed by atoms with Gasteiger partial charge in [0.15, 0.2) is 12.4 Å². The van der Waals surface area contributed by atoms with Crippen molar-refractivity contribution in [3.05, 3.63) is 12.7 Å². The van der Waals surface area contributed by atoms with Gasteiger partial charge in [-0.1, -0.05) is 20.4 Å². The summed E-state index contributed by atoms with van der Waals surface area (Å²) in [5.41, 5.74) is 0. The highest BCUT2D eigenvalue weighted by Crippen LogP contribution is 2.18. The lowest BCUT2D eigenvalue weighted by atomic mass is 10.1. The standard InChI is InChI=1S/C10H16O4/c1-4-8(11)14-9(7(2)3)10-12-5-6-13-10/h4,7,9-10H,1,5-6H2,2-3H3. The first-order chi connectivity index (χ1) is 6.65. The van der Waals surface area contributed by atoms with Crippen molar-refractivity contribution in [3.8, 4) is 0 Å². The molecule has 4 nitrogen and oxygen atoms in total. The maximum absolute atomic E-state index is 11.0. The summed E-state index contributed by atoms with van der Waals surface area (Å²) in [6, 6.07) is 0. The van der Waals surface area contributed by atoms with Crippen molar-refractivity contribution in [2.45, 2.75) is 26.2 Å². The number of hydrogen-bond donors (Lipinski definition) is 0. The second-order valence-corrected chi connectivity index (χ2v) is 3.46. The predicted octanol–water partition coefficient (Wildman–Crippen LogP) is 1.11. The molecule has 4 heteroatoms. The monoisotopic (exact) mass is 200 g/mol. The molecule has 1 rings (SSSR count). The Hall–Kier alpha value is -0.870. The normalized spacial score (nSPS) is 19.6. The van der Waals surface area contributed by atoms with Gasteiger partial charge in [0, 0.05) is 6.08 Å². The molecule has 1 saturated heterocycles. The molecule has 1 heterocycles. The van der Waals surface area contributed by atoms with Gasteiger partial charge in [0.05, 0.1) is 13.2 Å². The number of hydrogen-bond acceptors (Lipinski definition) is 4. The molecule has 0 N–H and O–H groups in total. The molecule has 0 aromatic rings. The average molecular weight is 200 g/mol. The smallest absolute Gasteiger partial charge is 0.330 e. The predicted molar refractivity (Wildman–Crippen MR) is 50.6 cm³/mol. The van der Waals surface area contributed by atoms with Crippen LogP contribution in [0.3, 0.4) is 0 Å². The molecule has 0 spiro atoms. The quantitative estimate of drug-likeness (QED) is 0.504. The van der Waals surface area contributed by atoms with E-state index < -0.39 is 12.3 Å². The molecule has 0 saturated carbocycles. The van der Waals surface area contributed by atoms with Crippen molar-refractivity contribution in [1.29, 1.82) is 0 Å². The van der Waals surface area contributed by atoms with Crippen LogP contribution < -0.4 is 0 Å². The SMILES string of the molecule is C=CC(=O)OC(C(C)C)C1OCCO1. The van der Waals surface area contributed by atoms with Crippen LogP contribution >= 0.6 is 0 Å². The van der Waals surface area contributed by atoms with Crippen LogP contribution in [0.25, 0.3) is 0 Å². The van der Waals surface area contributed by atoms with Crippen LogP contribution in [0, 0.1) is 5.92 Å². The van der Waals surface area contributed by atoms with Gasteiger partial charge in [-0.05, 0) is 5.92 Å². The molecule has 0 radical (unpaired) electrons. The van der Waals surface area contributed by atoms with Crippen LogP contribution in [0.1, 0.15) is 13.8 Å². The van der Waals surface area contributed by atoms with Crippen molar-refractivity contribution >= 4 is 5.97 Å². The van der Waals surface area contributed by atoms with Gasteiger partial charge in [-0.15, -0.1) is 0 Å². The van der Waals surface area contributed by atoms with Gasteiger partial charge in [-0.25, -0.2) is 4.79 Å². The molecule has 1 aliphatic heterocycles. The summed E-state index contributed by atoms with van der Waals surface area (Å²) < 4.78 is 15.7. The van der Waals surface area contributed by atoms with Gasteiger partial charge in [0.2, 0.25) is 0 Å². The Bertz CT molecular complexity index is 206. The molecule has 14 heavy (non-hydrogen) atoms. The highest BCUT2D eigenvalue weighted by atomic mass is 16.7. The number of rotatable bonds is 4. The molecule has 1 aliphatic rings. The van der Waals surface area contributed by atoms with Crippen LogP contribution in [0.2, 0.25) is 0 Å². The van der Waals surface area contributed by atoms with Crippen LogP contribution in [0.4, 0.5) is 0 Å². The molecule has 1 atom stereocenters. The fourth-order valence-electron chi connectivity index (χ4n) is 1.25. The van der Waals surface area contributed by atoms with Gasteiger partial charge in [0.1, 0.15) is 0 Å². The minimum atomic E-state index is -0.442. The molecule has 80 valence electrons. The molecular formula is C10H16O4. The lowest BCUT2D eigenvalue weighted by Gasteiger charge is -2.24. The second kappa shape index (κ2) is 5.12. The summed E-state index contributed by atoms with van der Waals surface area (Å²) in [6.45, 7) is 8.35. The van der Waals surface area contributed by atoms with E-state index in [0.29, 0.717) is 13.2 Å². The summed E-state index contributed by atoms with van der Waals surface area (Å²) in [6.07, 6.45) is 0.353. The van der Waals surface area contributed by atoms with Gasteiger partial charge in [0.25, 0.3) is 0 Å². The first-order valence-corrected chi connectivity index (χ1v) is 4.71. The van der Waals surface area contributed by atoms with Crippen molar-refractivity contribution in [2.75, 3.05) is 13.2 Å². The third-order valence-corrected chi connectivity index (χ3v) is 1.99. The zero-order valence-electron chi connectivity index (χ0n) is 8.56. The Morgan fingerprint density at radius 1 is 1.50 bits per heavy atom. The maximum atomic E-state index is 11.0. The van der Waals surface area contributed by atoms with E-state index >= 15 is 0 Å². The summed E-state index contributed by atoms with van der Waals surface area (Å²) in [5, 5.41) is 0. The summed E-state index contributed by atoms with van der Waals surface area (Å²) in [7, 11) is 0. The molecule has 0 aromatic carbocycles. The van der Waals surface area contributed by atoms with Crippen molar-refractivity contribution in [1.82, 2.24) is 0 Å². The zero-order chi connectivity index (χ0) is 10.6. The van der Waals surface area contributed by atoms with E-state index in [1.54, 1.807) is 0 Å². The number of esters is 1. The number of carbonyl (C=O) groups excluding carboxylic acids is 1. The minimum Gasteiger partial charge on any atom is -0.454 e. The minimum absolute atomic E-state index is 0.155. The fourth-order valence-corrected chi connectivity index (χ4v) is 1.25. The highest BCUT2D eigenvalue weighted by Gasteiger charge is 2.32. The molecule has 0 aromatic heterocycles. The van der Waals surface area contributed by atoms with Crippen LogP contribution in [0.5, 0.6) is 0 Å². The van der Waals surface area contributed by atoms with Gasteiger partial charge < -0.3 is 14.2 Å². The van der Waals surface area contributed by atoms with E-state index in [1.807, 2.05) is 13.8 Å². The van der Waals surface area contributed by atoms with E-state index in [2.05, 4.69) is 6.58 Å². The van der Waals surface area contributed by atoms with E-state index in [-0.39, 0.29) is 12.0 Å². The van der Waals surface area contributed by atoms with E-state index in [1.165, 1.54) is 0 Å². The van der Waals surface area contributed by atoms with Crippen LogP contribution in [-0.2, 0) is 19.0 Å². The third-order valence-electron chi connectivity index (χ3n) is 1.99. The lowest BCUT2D eigenvalue weighted by Crippen LogP contribution is -2.36. The zero-order valence-corrected chi connectivity index (χ0v) is 8.56. The summed E-state index contributed by atoms with van der Waals surface area (Å²) in [4.78, 5) is 11.0. The van der Waals surface area contributed by atoms with E-state index in [0.717, 1.165) is 6.08 Å². The highest BCUT2D eigenvalue weighted by molar-refractivity contribution is 5.81. The number of carbonyl (C=O) groups is 1. The Morgan fingerprint density at radius 2 is 2.07 bits per heavy atom. The average Bonchev–Trinajstić information content (AvgIpc) is 2.65. The van der Waals surface area contributed by atoms with Crippen LogP contribution in [0.15, 0.2) is 12.7 Å². The first kappa shape index (κ1) is 11.2. The molecule has 0 bridgehead atoms. The Balaban J connectivity index is 2.53. The lowest BCUT2D eigenvalue weighted by molar-refractivity contribution is -0.176. The number of ether oxygens (including phenoxy) is 3. The molecule has 0 amide bonds.